The Hall–Kier alpha value is -2.37. The fraction of sp³-hybridized carbons (Fsp3) is 0.438. The fourth-order valence-corrected chi connectivity index (χ4v) is 3.09. The molecule has 1 aromatic rings. The van der Waals surface area contributed by atoms with Gasteiger partial charge in [0, 0.05) is 13.1 Å². The van der Waals surface area contributed by atoms with E-state index in [0.717, 1.165) is 12.8 Å². The van der Waals surface area contributed by atoms with E-state index in [-0.39, 0.29) is 12.3 Å². The summed E-state index contributed by atoms with van der Waals surface area (Å²) < 4.78 is 0. The molecule has 2 aliphatic heterocycles. The van der Waals surface area contributed by atoms with Gasteiger partial charge in [-0.3, -0.25) is 14.9 Å². The second-order valence-corrected chi connectivity index (χ2v) is 5.79. The average molecular weight is 301 g/mol. The number of amides is 4. The Bertz CT molecular complexity index is 580. The van der Waals surface area contributed by atoms with Gasteiger partial charge >= 0.3 is 6.03 Å². The fourth-order valence-electron chi connectivity index (χ4n) is 3.09. The lowest BCUT2D eigenvalue weighted by Gasteiger charge is -2.32. The summed E-state index contributed by atoms with van der Waals surface area (Å²) in [5, 5.41) is 4.61. The first kappa shape index (κ1) is 14.6. The van der Waals surface area contributed by atoms with Crippen LogP contribution in [0.1, 0.15) is 30.7 Å². The summed E-state index contributed by atoms with van der Waals surface area (Å²) in [6, 6.07) is 9.07. The summed E-state index contributed by atoms with van der Waals surface area (Å²) in [6.07, 6.45) is 1.89. The largest absolute Gasteiger partial charge is 0.343 e. The number of nitrogens with one attached hydrogen (secondary N) is 2. The van der Waals surface area contributed by atoms with Crippen LogP contribution in [0.3, 0.4) is 0 Å². The quantitative estimate of drug-likeness (QED) is 0.817. The van der Waals surface area contributed by atoms with Crippen LogP contribution in [0.15, 0.2) is 30.3 Å². The van der Waals surface area contributed by atoms with Crippen LogP contribution in [0.5, 0.6) is 0 Å². The maximum atomic E-state index is 12.2. The van der Waals surface area contributed by atoms with Crippen molar-refractivity contribution < 1.29 is 14.4 Å². The van der Waals surface area contributed by atoms with Crippen LogP contribution in [0.25, 0.3) is 0 Å². The lowest BCUT2D eigenvalue weighted by molar-refractivity contribution is -0.134. The maximum Gasteiger partial charge on any atom is 0.322 e. The first-order chi connectivity index (χ1) is 10.6. The number of urea groups is 1. The Kier molecular flexibility index (Phi) is 4.09. The number of hydrogen-bond donors (Lipinski definition) is 2. The van der Waals surface area contributed by atoms with Gasteiger partial charge in [0.15, 0.2) is 0 Å². The van der Waals surface area contributed by atoms with E-state index in [4.69, 9.17) is 0 Å². The van der Waals surface area contributed by atoms with E-state index in [2.05, 4.69) is 22.8 Å². The SMILES string of the molecule is O=C1NC(=O)[C@H](CC(=O)N2CCC(c3ccccc3)CC2)N1. The van der Waals surface area contributed by atoms with Gasteiger partial charge in [-0.2, -0.15) is 0 Å². The molecule has 2 aliphatic rings. The smallest absolute Gasteiger partial charge is 0.322 e. The van der Waals surface area contributed by atoms with Gasteiger partial charge in [-0.15, -0.1) is 0 Å². The second-order valence-electron chi connectivity index (χ2n) is 5.79. The molecule has 2 N–H and O–H groups in total. The molecule has 6 nitrogen and oxygen atoms in total. The molecule has 22 heavy (non-hydrogen) atoms. The molecule has 0 bridgehead atoms. The van der Waals surface area contributed by atoms with E-state index in [9.17, 15) is 14.4 Å². The van der Waals surface area contributed by atoms with Gasteiger partial charge in [0.25, 0.3) is 5.91 Å². The lowest BCUT2D eigenvalue weighted by atomic mass is 9.89. The zero-order chi connectivity index (χ0) is 15.5. The highest BCUT2D eigenvalue weighted by atomic mass is 16.2. The minimum Gasteiger partial charge on any atom is -0.343 e. The van der Waals surface area contributed by atoms with Crippen LogP contribution in [-0.4, -0.2) is 41.9 Å². The molecular weight excluding hydrogens is 282 g/mol. The van der Waals surface area contributed by atoms with E-state index < -0.39 is 18.0 Å². The highest BCUT2D eigenvalue weighted by Gasteiger charge is 2.33. The molecule has 4 amide bonds. The summed E-state index contributed by atoms with van der Waals surface area (Å²) in [5.41, 5.74) is 1.32. The Morgan fingerprint density at radius 3 is 2.41 bits per heavy atom. The van der Waals surface area contributed by atoms with E-state index in [1.807, 2.05) is 18.2 Å². The molecule has 3 rings (SSSR count). The lowest BCUT2D eigenvalue weighted by Crippen LogP contribution is -2.42. The summed E-state index contributed by atoms with van der Waals surface area (Å²) in [7, 11) is 0. The van der Waals surface area contributed by atoms with Crippen molar-refractivity contribution in [2.45, 2.75) is 31.2 Å². The number of piperidine rings is 1. The molecule has 1 atom stereocenters. The number of nitrogens with zero attached hydrogens (tertiary/aromatic N) is 1. The predicted octanol–water partition coefficient (Wildman–Crippen LogP) is 0.991. The van der Waals surface area contributed by atoms with E-state index in [1.54, 1.807) is 4.90 Å². The summed E-state index contributed by atoms with van der Waals surface area (Å²) in [4.78, 5) is 36.6. The number of carbonyl (C=O) groups is 3. The first-order valence-electron chi connectivity index (χ1n) is 7.57. The van der Waals surface area contributed by atoms with Crippen LogP contribution < -0.4 is 10.6 Å². The van der Waals surface area contributed by atoms with Gasteiger partial charge in [0.1, 0.15) is 6.04 Å². The Labute approximate surface area is 128 Å². The topological polar surface area (TPSA) is 78.5 Å². The molecule has 0 aliphatic carbocycles. The van der Waals surface area contributed by atoms with Gasteiger partial charge in [-0.05, 0) is 24.3 Å². The van der Waals surface area contributed by atoms with Crippen LogP contribution in [0.2, 0.25) is 0 Å². The number of benzene rings is 1. The van der Waals surface area contributed by atoms with Gasteiger partial charge < -0.3 is 10.2 Å². The van der Waals surface area contributed by atoms with Crippen molar-refractivity contribution in [3.05, 3.63) is 35.9 Å². The van der Waals surface area contributed by atoms with Crippen molar-refractivity contribution in [3.63, 3.8) is 0 Å². The van der Waals surface area contributed by atoms with Crippen LogP contribution in [-0.2, 0) is 9.59 Å². The highest BCUT2D eigenvalue weighted by molar-refractivity contribution is 6.05. The summed E-state index contributed by atoms with van der Waals surface area (Å²) in [5.74, 6) is -0.00823. The van der Waals surface area contributed by atoms with Crippen molar-refractivity contribution >= 4 is 17.8 Å². The second kappa shape index (κ2) is 6.17. The molecule has 0 radical (unpaired) electrons. The molecule has 2 heterocycles. The van der Waals surface area contributed by atoms with Gasteiger partial charge in [0.05, 0.1) is 6.42 Å². The number of carbonyl (C=O) groups excluding carboxylic acids is 3. The molecule has 2 fully saturated rings. The molecule has 0 aromatic heterocycles. The van der Waals surface area contributed by atoms with Gasteiger partial charge in [-0.1, -0.05) is 30.3 Å². The van der Waals surface area contributed by atoms with Crippen LogP contribution in [0.4, 0.5) is 4.79 Å². The summed E-state index contributed by atoms with van der Waals surface area (Å²) in [6.45, 7) is 1.39. The number of hydrogen-bond acceptors (Lipinski definition) is 3. The van der Waals surface area contributed by atoms with E-state index in [0.29, 0.717) is 19.0 Å². The normalized spacial score (nSPS) is 22.4. The van der Waals surface area contributed by atoms with Crippen molar-refractivity contribution in [2.75, 3.05) is 13.1 Å². The molecular formula is C16H19N3O3. The van der Waals surface area contributed by atoms with Crippen molar-refractivity contribution in [2.24, 2.45) is 0 Å². The maximum absolute atomic E-state index is 12.2. The molecule has 6 heteroatoms. The number of imide groups is 1. The number of likely N-dealkylation sites (tertiary alicyclic amines) is 1. The van der Waals surface area contributed by atoms with E-state index >= 15 is 0 Å². The zero-order valence-corrected chi connectivity index (χ0v) is 12.2. The average Bonchev–Trinajstić information content (AvgIpc) is 2.86. The standard InChI is InChI=1S/C16H19N3O3/c20-14(10-13-15(21)18-16(22)17-13)19-8-6-12(7-9-19)11-4-2-1-3-5-11/h1-5,12-13H,6-10H2,(H2,17,18,21,22)/t13-/m0/s1. The molecule has 0 spiro atoms. The summed E-state index contributed by atoms with van der Waals surface area (Å²) >= 11 is 0. The van der Waals surface area contributed by atoms with Crippen LogP contribution >= 0.6 is 0 Å². The van der Waals surface area contributed by atoms with E-state index in [1.165, 1.54) is 5.56 Å². The van der Waals surface area contributed by atoms with Gasteiger partial charge in [0.2, 0.25) is 5.91 Å². The Balaban J connectivity index is 1.52. The highest BCUT2D eigenvalue weighted by Crippen LogP contribution is 2.28. The van der Waals surface area contributed by atoms with Crippen molar-refractivity contribution in [3.8, 4) is 0 Å². The third kappa shape index (κ3) is 3.10. The predicted molar refractivity (Wildman–Crippen MR) is 80.1 cm³/mol. The minimum absolute atomic E-state index is 0.0353. The molecule has 2 saturated heterocycles. The molecule has 0 saturated carbocycles. The van der Waals surface area contributed by atoms with Crippen molar-refractivity contribution in [1.82, 2.24) is 15.5 Å². The minimum atomic E-state index is -0.730. The first-order valence-corrected chi connectivity index (χ1v) is 7.57. The monoisotopic (exact) mass is 301 g/mol. The third-order valence-corrected chi connectivity index (χ3v) is 4.36. The van der Waals surface area contributed by atoms with Gasteiger partial charge in [-0.25, -0.2) is 4.79 Å². The molecule has 116 valence electrons. The molecule has 1 aromatic carbocycles. The third-order valence-electron chi connectivity index (χ3n) is 4.36. The van der Waals surface area contributed by atoms with Crippen LogP contribution in [0, 0.1) is 0 Å². The number of rotatable bonds is 3. The zero-order valence-electron chi connectivity index (χ0n) is 12.2. The van der Waals surface area contributed by atoms with Crippen molar-refractivity contribution in [1.29, 1.82) is 0 Å². The Morgan fingerprint density at radius 2 is 1.82 bits per heavy atom. The Morgan fingerprint density at radius 1 is 1.14 bits per heavy atom. The molecule has 0 unspecified atom stereocenters.